The smallest absolute Gasteiger partial charge is 0.441 e. The van der Waals surface area contributed by atoms with Crippen LogP contribution in [0.15, 0.2) is 24.3 Å². The fraction of sp³-hybridized carbons (Fsp3) is 0.462. The number of benzene rings is 1. The number of carboxylic acid groups (broad SMARTS) is 1. The molecule has 0 radical (unpaired) electrons. The summed E-state index contributed by atoms with van der Waals surface area (Å²) in [6, 6.07) is 7.00. The summed E-state index contributed by atoms with van der Waals surface area (Å²) in [7, 11) is 0. The Morgan fingerprint density at radius 1 is 1.35 bits per heavy atom. The van der Waals surface area contributed by atoms with Crippen molar-refractivity contribution in [2.75, 3.05) is 12.3 Å². The number of thioether (sulfide) groups is 1. The number of carboxylic acids is 1. The van der Waals surface area contributed by atoms with E-state index in [1.165, 1.54) is 0 Å². The first-order valence-corrected chi connectivity index (χ1v) is 7.01. The van der Waals surface area contributed by atoms with Crippen LogP contribution in [-0.4, -0.2) is 28.9 Å². The Morgan fingerprint density at radius 2 is 1.95 bits per heavy atom. The Balaban J connectivity index is 2.34. The van der Waals surface area contributed by atoms with Crippen molar-refractivity contribution in [2.45, 2.75) is 24.9 Å². The third-order valence-electron chi connectivity index (χ3n) is 2.72. The van der Waals surface area contributed by atoms with Gasteiger partial charge in [-0.15, -0.1) is 0 Å². The molecule has 0 aromatic heterocycles. The van der Waals surface area contributed by atoms with E-state index >= 15 is 0 Å². The Kier molecular flexibility index (Phi) is 6.35. The predicted molar refractivity (Wildman–Crippen MR) is 72.7 cm³/mol. The lowest BCUT2D eigenvalue weighted by molar-refractivity contribution is -0.138. The molecule has 0 bridgehead atoms. The third kappa shape index (κ3) is 6.29. The number of nitrogens with one attached hydrogen (secondary N) is 1. The molecular formula is C13H16F3NO2S. The minimum Gasteiger partial charge on any atom is -0.481 e. The second kappa shape index (κ2) is 7.54. The van der Waals surface area contributed by atoms with Gasteiger partial charge in [0.15, 0.2) is 0 Å². The fourth-order valence-electron chi connectivity index (χ4n) is 1.54. The normalized spacial score (nSPS) is 13.2. The molecule has 0 aliphatic carbocycles. The van der Waals surface area contributed by atoms with Gasteiger partial charge in [0.2, 0.25) is 0 Å². The fourth-order valence-corrected chi connectivity index (χ4v) is 2.02. The molecule has 2 N–H and O–H groups in total. The number of aliphatic carboxylic acids is 1. The van der Waals surface area contributed by atoms with Crippen LogP contribution in [-0.2, 0) is 11.3 Å². The van der Waals surface area contributed by atoms with Crippen LogP contribution in [0.1, 0.15) is 24.0 Å². The lowest BCUT2D eigenvalue weighted by atomic mass is 10.0. The van der Waals surface area contributed by atoms with Crippen molar-refractivity contribution in [3.05, 3.63) is 35.4 Å². The zero-order chi connectivity index (χ0) is 15.2. The number of alkyl halides is 3. The van der Waals surface area contributed by atoms with Crippen molar-refractivity contribution in [3.8, 4) is 0 Å². The molecule has 0 saturated carbocycles. The first kappa shape index (κ1) is 16.8. The van der Waals surface area contributed by atoms with Gasteiger partial charge in [-0.25, -0.2) is 0 Å². The summed E-state index contributed by atoms with van der Waals surface area (Å²) in [6.07, 6.45) is 0. The zero-order valence-electron chi connectivity index (χ0n) is 10.9. The molecule has 0 aliphatic heterocycles. The molecule has 0 aliphatic rings. The van der Waals surface area contributed by atoms with Crippen molar-refractivity contribution in [2.24, 2.45) is 0 Å². The van der Waals surface area contributed by atoms with Gasteiger partial charge in [0, 0.05) is 18.8 Å². The van der Waals surface area contributed by atoms with Crippen LogP contribution in [0.4, 0.5) is 13.2 Å². The van der Waals surface area contributed by atoms with Crippen molar-refractivity contribution >= 4 is 17.7 Å². The van der Waals surface area contributed by atoms with Gasteiger partial charge in [0.25, 0.3) is 0 Å². The summed E-state index contributed by atoms with van der Waals surface area (Å²) < 4.78 is 35.6. The molecule has 112 valence electrons. The molecule has 0 amide bonds. The van der Waals surface area contributed by atoms with Gasteiger partial charge in [-0.05, 0) is 29.8 Å². The number of rotatable bonds is 7. The first-order valence-electron chi connectivity index (χ1n) is 6.02. The van der Waals surface area contributed by atoms with Gasteiger partial charge in [0.05, 0.1) is 5.92 Å². The van der Waals surface area contributed by atoms with Crippen molar-refractivity contribution in [1.82, 2.24) is 5.32 Å². The van der Waals surface area contributed by atoms with Crippen molar-refractivity contribution in [3.63, 3.8) is 0 Å². The van der Waals surface area contributed by atoms with Crippen LogP contribution >= 0.6 is 11.8 Å². The van der Waals surface area contributed by atoms with E-state index in [-0.39, 0.29) is 24.1 Å². The second-order valence-electron chi connectivity index (χ2n) is 4.27. The molecule has 1 unspecified atom stereocenters. The summed E-state index contributed by atoms with van der Waals surface area (Å²) in [5.41, 5.74) is -2.58. The van der Waals surface area contributed by atoms with Gasteiger partial charge in [-0.2, -0.15) is 13.2 Å². The van der Waals surface area contributed by atoms with E-state index in [1.54, 1.807) is 31.2 Å². The minimum absolute atomic E-state index is 0.0301. The first-order chi connectivity index (χ1) is 9.29. The third-order valence-corrected chi connectivity index (χ3v) is 3.46. The van der Waals surface area contributed by atoms with Gasteiger partial charge < -0.3 is 10.4 Å². The molecule has 1 rings (SSSR count). The molecule has 1 aromatic carbocycles. The molecule has 3 nitrogen and oxygen atoms in total. The highest BCUT2D eigenvalue weighted by Crippen LogP contribution is 2.29. The maximum Gasteiger partial charge on any atom is 0.441 e. The summed E-state index contributed by atoms with van der Waals surface area (Å²) in [4.78, 5) is 10.8. The SMILES string of the molecule is CC(C(=O)O)c1ccc(CNCCSC(F)(F)F)cc1. The highest BCUT2D eigenvalue weighted by molar-refractivity contribution is 8.00. The van der Waals surface area contributed by atoms with Crippen LogP contribution in [0, 0.1) is 0 Å². The molecule has 0 fully saturated rings. The van der Waals surface area contributed by atoms with Gasteiger partial charge in [0.1, 0.15) is 0 Å². The summed E-state index contributed by atoms with van der Waals surface area (Å²) in [6.45, 7) is 2.32. The number of carbonyl (C=O) groups is 1. The Labute approximate surface area is 119 Å². The molecule has 1 aromatic rings. The van der Waals surface area contributed by atoms with Gasteiger partial charge in [-0.3, -0.25) is 4.79 Å². The summed E-state index contributed by atoms with van der Waals surface area (Å²) in [5, 5.41) is 11.8. The quantitative estimate of drug-likeness (QED) is 0.759. The standard InChI is InChI=1S/C13H16F3NO2S/c1-9(12(18)19)11-4-2-10(3-5-11)8-17-6-7-20-13(14,15)16/h2-5,9,17H,6-8H2,1H3,(H,18,19). The zero-order valence-corrected chi connectivity index (χ0v) is 11.7. The topological polar surface area (TPSA) is 49.3 Å². The maximum atomic E-state index is 11.9. The van der Waals surface area contributed by atoms with E-state index in [9.17, 15) is 18.0 Å². The summed E-state index contributed by atoms with van der Waals surface area (Å²) >= 11 is -0.0495. The van der Waals surface area contributed by atoms with Crippen LogP contribution in [0.25, 0.3) is 0 Å². The van der Waals surface area contributed by atoms with Gasteiger partial charge in [-0.1, -0.05) is 24.3 Å². The number of halogens is 3. The largest absolute Gasteiger partial charge is 0.481 e. The lowest BCUT2D eigenvalue weighted by Gasteiger charge is -2.09. The molecular weight excluding hydrogens is 291 g/mol. The number of hydrogen-bond acceptors (Lipinski definition) is 3. The monoisotopic (exact) mass is 307 g/mol. The Hall–Kier alpha value is -1.21. The highest BCUT2D eigenvalue weighted by Gasteiger charge is 2.27. The lowest BCUT2D eigenvalue weighted by Crippen LogP contribution is -2.18. The van der Waals surface area contributed by atoms with E-state index in [4.69, 9.17) is 5.11 Å². The Bertz CT molecular complexity index is 434. The van der Waals surface area contributed by atoms with Crippen LogP contribution < -0.4 is 5.32 Å². The average molecular weight is 307 g/mol. The molecule has 7 heteroatoms. The second-order valence-corrected chi connectivity index (χ2v) is 5.43. The van der Waals surface area contributed by atoms with Crippen LogP contribution in [0.5, 0.6) is 0 Å². The van der Waals surface area contributed by atoms with E-state index < -0.39 is 17.4 Å². The van der Waals surface area contributed by atoms with E-state index in [0.29, 0.717) is 12.1 Å². The molecule has 1 atom stereocenters. The Morgan fingerprint density at radius 3 is 2.45 bits per heavy atom. The van der Waals surface area contributed by atoms with Crippen molar-refractivity contribution in [1.29, 1.82) is 0 Å². The molecule has 0 spiro atoms. The molecule has 0 heterocycles. The molecule has 20 heavy (non-hydrogen) atoms. The van der Waals surface area contributed by atoms with Crippen LogP contribution in [0.3, 0.4) is 0 Å². The number of hydrogen-bond donors (Lipinski definition) is 2. The molecule has 0 saturated heterocycles. The van der Waals surface area contributed by atoms with E-state index in [0.717, 1.165) is 5.56 Å². The van der Waals surface area contributed by atoms with E-state index in [2.05, 4.69) is 5.32 Å². The average Bonchev–Trinajstić information content (AvgIpc) is 2.37. The predicted octanol–water partition coefficient (Wildman–Crippen LogP) is 3.22. The highest BCUT2D eigenvalue weighted by atomic mass is 32.2. The maximum absolute atomic E-state index is 11.9. The van der Waals surface area contributed by atoms with Crippen molar-refractivity contribution < 1.29 is 23.1 Å². The summed E-state index contributed by atoms with van der Waals surface area (Å²) in [5.74, 6) is -1.49. The van der Waals surface area contributed by atoms with Crippen LogP contribution in [0.2, 0.25) is 0 Å². The van der Waals surface area contributed by atoms with Gasteiger partial charge >= 0.3 is 11.5 Å². The minimum atomic E-state index is -4.18. The van der Waals surface area contributed by atoms with E-state index in [1.807, 2.05) is 0 Å².